The lowest BCUT2D eigenvalue weighted by atomic mass is 10.2. The average Bonchev–Trinajstić information content (AvgIpc) is 2.27. The highest BCUT2D eigenvalue weighted by molar-refractivity contribution is 9.10. The Morgan fingerprint density at radius 1 is 1.39 bits per heavy atom. The van der Waals surface area contributed by atoms with Crippen molar-refractivity contribution in [1.29, 1.82) is 0 Å². The van der Waals surface area contributed by atoms with E-state index in [1.165, 1.54) is 12.1 Å². The van der Waals surface area contributed by atoms with E-state index >= 15 is 0 Å². The van der Waals surface area contributed by atoms with Crippen LogP contribution < -0.4 is 10.1 Å². The van der Waals surface area contributed by atoms with Crippen molar-refractivity contribution in [3.05, 3.63) is 28.5 Å². The van der Waals surface area contributed by atoms with Crippen LogP contribution in [0, 0.1) is 11.7 Å². The van der Waals surface area contributed by atoms with E-state index < -0.39 is 11.9 Å². The molecule has 0 amide bonds. The van der Waals surface area contributed by atoms with E-state index in [-0.39, 0.29) is 12.4 Å². The molecule has 0 aliphatic heterocycles. The van der Waals surface area contributed by atoms with Crippen molar-refractivity contribution in [3.8, 4) is 5.75 Å². The first-order valence-corrected chi connectivity index (χ1v) is 6.75. The average molecular weight is 320 g/mol. The molecule has 1 aromatic rings. The summed E-state index contributed by atoms with van der Waals surface area (Å²) in [4.78, 5) is 0. The van der Waals surface area contributed by atoms with Crippen LogP contribution in [0.2, 0.25) is 0 Å². The first-order chi connectivity index (χ1) is 8.49. The van der Waals surface area contributed by atoms with Crippen molar-refractivity contribution in [3.63, 3.8) is 0 Å². The first kappa shape index (κ1) is 15.4. The van der Waals surface area contributed by atoms with Crippen molar-refractivity contribution < 1.29 is 14.2 Å². The zero-order valence-corrected chi connectivity index (χ0v) is 12.2. The Morgan fingerprint density at radius 2 is 2.11 bits per heavy atom. The molecule has 1 atom stereocenters. The fourth-order valence-corrected chi connectivity index (χ4v) is 1.71. The van der Waals surface area contributed by atoms with E-state index in [2.05, 4.69) is 35.1 Å². The molecule has 1 aromatic carbocycles. The number of aliphatic hydroxyl groups is 1. The predicted octanol–water partition coefficient (Wildman–Crippen LogP) is 2.57. The molecule has 0 saturated heterocycles. The fraction of sp³-hybridized carbons (Fsp3) is 0.538. The Morgan fingerprint density at radius 3 is 2.72 bits per heavy atom. The quantitative estimate of drug-likeness (QED) is 0.811. The minimum atomic E-state index is -0.646. The molecule has 0 fully saturated rings. The van der Waals surface area contributed by atoms with Gasteiger partial charge in [0, 0.05) is 11.0 Å². The lowest BCUT2D eigenvalue weighted by Crippen LogP contribution is -2.33. The highest BCUT2D eigenvalue weighted by Crippen LogP contribution is 2.21. The minimum absolute atomic E-state index is 0.0731. The summed E-state index contributed by atoms with van der Waals surface area (Å²) in [6.45, 7) is 5.53. The van der Waals surface area contributed by atoms with Crippen LogP contribution in [0.1, 0.15) is 13.8 Å². The van der Waals surface area contributed by atoms with E-state index in [4.69, 9.17) is 4.74 Å². The van der Waals surface area contributed by atoms with Gasteiger partial charge in [-0.2, -0.15) is 0 Å². The summed E-state index contributed by atoms with van der Waals surface area (Å²) in [6, 6.07) is 4.56. The van der Waals surface area contributed by atoms with Gasteiger partial charge in [0.2, 0.25) is 0 Å². The van der Waals surface area contributed by atoms with Crippen LogP contribution in [0.4, 0.5) is 4.39 Å². The molecule has 0 aliphatic rings. The van der Waals surface area contributed by atoms with Gasteiger partial charge in [0.25, 0.3) is 0 Å². The monoisotopic (exact) mass is 319 g/mol. The van der Waals surface area contributed by atoms with E-state index in [1.807, 2.05) is 0 Å². The second kappa shape index (κ2) is 7.71. The Hall–Kier alpha value is -0.650. The highest BCUT2D eigenvalue weighted by Gasteiger charge is 2.08. The third-order valence-electron chi connectivity index (χ3n) is 2.26. The number of aliphatic hydroxyl groups excluding tert-OH is 1. The van der Waals surface area contributed by atoms with Gasteiger partial charge in [0.05, 0.1) is 0 Å². The van der Waals surface area contributed by atoms with Crippen molar-refractivity contribution in [2.45, 2.75) is 20.0 Å². The topological polar surface area (TPSA) is 41.5 Å². The summed E-state index contributed by atoms with van der Waals surface area (Å²) in [5.41, 5.74) is 0. The van der Waals surface area contributed by atoms with Gasteiger partial charge in [0.15, 0.2) is 11.6 Å². The van der Waals surface area contributed by atoms with Crippen LogP contribution >= 0.6 is 15.9 Å². The summed E-state index contributed by atoms with van der Waals surface area (Å²) < 4.78 is 19.3. The number of ether oxygens (including phenoxy) is 1. The summed E-state index contributed by atoms with van der Waals surface area (Å²) in [6.07, 6.45) is -0.646. The van der Waals surface area contributed by atoms with Crippen LogP contribution in [-0.4, -0.2) is 30.9 Å². The standard InChI is InChI=1S/C13H19BrFNO2/c1-9(2)6-16-7-11(17)8-18-13-4-3-10(14)5-12(13)15/h3-5,9,11,16-17H,6-8H2,1-2H3. The molecular formula is C13H19BrFNO2. The van der Waals surface area contributed by atoms with E-state index in [0.717, 1.165) is 6.54 Å². The Labute approximate surface area is 115 Å². The summed E-state index contributed by atoms with van der Waals surface area (Å²) in [5.74, 6) is 0.245. The Kier molecular flexibility index (Phi) is 6.60. The number of hydrogen-bond acceptors (Lipinski definition) is 3. The molecule has 102 valence electrons. The number of halogens is 2. The van der Waals surface area contributed by atoms with Gasteiger partial charge in [-0.05, 0) is 30.7 Å². The molecule has 1 rings (SSSR count). The Balaban J connectivity index is 2.31. The van der Waals surface area contributed by atoms with Crippen molar-refractivity contribution in [1.82, 2.24) is 5.32 Å². The minimum Gasteiger partial charge on any atom is -0.488 e. The van der Waals surface area contributed by atoms with Gasteiger partial charge in [-0.15, -0.1) is 0 Å². The number of nitrogens with one attached hydrogen (secondary N) is 1. The predicted molar refractivity (Wildman–Crippen MR) is 73.3 cm³/mol. The fourth-order valence-electron chi connectivity index (χ4n) is 1.38. The van der Waals surface area contributed by atoms with Crippen molar-refractivity contribution >= 4 is 15.9 Å². The molecule has 0 saturated carbocycles. The molecule has 0 aromatic heterocycles. The second-order valence-corrected chi connectivity index (χ2v) is 5.51. The molecule has 0 heterocycles. The molecule has 0 aliphatic carbocycles. The number of rotatable bonds is 7. The van der Waals surface area contributed by atoms with Crippen LogP contribution in [0.15, 0.2) is 22.7 Å². The third-order valence-corrected chi connectivity index (χ3v) is 2.75. The largest absolute Gasteiger partial charge is 0.488 e. The summed E-state index contributed by atoms with van der Waals surface area (Å²) in [7, 11) is 0. The maximum atomic E-state index is 13.4. The molecular weight excluding hydrogens is 301 g/mol. The number of benzene rings is 1. The maximum absolute atomic E-state index is 13.4. The normalized spacial score (nSPS) is 12.8. The molecule has 5 heteroatoms. The van der Waals surface area contributed by atoms with Crippen molar-refractivity contribution in [2.24, 2.45) is 5.92 Å². The SMILES string of the molecule is CC(C)CNCC(O)COc1ccc(Br)cc1F. The first-order valence-electron chi connectivity index (χ1n) is 5.95. The van der Waals surface area contributed by atoms with Gasteiger partial charge in [0.1, 0.15) is 12.7 Å². The van der Waals surface area contributed by atoms with Gasteiger partial charge in [-0.1, -0.05) is 29.8 Å². The maximum Gasteiger partial charge on any atom is 0.166 e. The van der Waals surface area contributed by atoms with Crippen LogP contribution in [0.25, 0.3) is 0 Å². The molecule has 2 N–H and O–H groups in total. The van der Waals surface area contributed by atoms with E-state index in [1.54, 1.807) is 6.07 Å². The van der Waals surface area contributed by atoms with Crippen molar-refractivity contribution in [2.75, 3.05) is 19.7 Å². The molecule has 1 unspecified atom stereocenters. The van der Waals surface area contributed by atoms with Crippen LogP contribution in [-0.2, 0) is 0 Å². The van der Waals surface area contributed by atoms with Gasteiger partial charge in [-0.3, -0.25) is 0 Å². The number of hydrogen-bond donors (Lipinski definition) is 2. The van der Waals surface area contributed by atoms with Gasteiger partial charge < -0.3 is 15.2 Å². The molecule has 3 nitrogen and oxygen atoms in total. The lowest BCUT2D eigenvalue weighted by molar-refractivity contribution is 0.103. The lowest BCUT2D eigenvalue weighted by Gasteiger charge is -2.14. The third kappa shape index (κ3) is 5.80. The zero-order valence-electron chi connectivity index (χ0n) is 10.6. The summed E-state index contributed by atoms with van der Waals surface area (Å²) >= 11 is 3.17. The molecule has 0 bridgehead atoms. The zero-order chi connectivity index (χ0) is 13.5. The summed E-state index contributed by atoms with van der Waals surface area (Å²) in [5, 5.41) is 12.8. The smallest absolute Gasteiger partial charge is 0.166 e. The Bertz CT molecular complexity index is 374. The van der Waals surface area contributed by atoms with Crippen LogP contribution in [0.5, 0.6) is 5.75 Å². The van der Waals surface area contributed by atoms with Gasteiger partial charge >= 0.3 is 0 Å². The molecule has 18 heavy (non-hydrogen) atoms. The molecule has 0 spiro atoms. The molecule has 0 radical (unpaired) electrons. The van der Waals surface area contributed by atoms with E-state index in [0.29, 0.717) is 16.9 Å². The van der Waals surface area contributed by atoms with Crippen LogP contribution in [0.3, 0.4) is 0 Å². The highest BCUT2D eigenvalue weighted by atomic mass is 79.9. The van der Waals surface area contributed by atoms with E-state index in [9.17, 15) is 9.50 Å². The second-order valence-electron chi connectivity index (χ2n) is 4.59. The van der Waals surface area contributed by atoms with Gasteiger partial charge in [-0.25, -0.2) is 4.39 Å².